The Morgan fingerprint density at radius 3 is 2.59 bits per heavy atom. The summed E-state index contributed by atoms with van der Waals surface area (Å²) in [7, 11) is 0. The van der Waals surface area contributed by atoms with Crippen molar-refractivity contribution in [2.45, 2.75) is 19.6 Å². The number of amides is 2. The van der Waals surface area contributed by atoms with Gasteiger partial charge in [-0.3, -0.25) is 9.59 Å². The van der Waals surface area contributed by atoms with Gasteiger partial charge in [0, 0.05) is 5.69 Å². The number of rotatable bonds is 8. The fourth-order valence-corrected chi connectivity index (χ4v) is 3.00. The van der Waals surface area contributed by atoms with Crippen molar-refractivity contribution in [1.29, 1.82) is 0 Å². The van der Waals surface area contributed by atoms with Gasteiger partial charge in [0.2, 0.25) is 11.8 Å². The van der Waals surface area contributed by atoms with Crippen LogP contribution in [0, 0.1) is 6.92 Å². The smallest absolute Gasteiger partial charge is 0.406 e. The second kappa shape index (κ2) is 9.50. The van der Waals surface area contributed by atoms with Crippen molar-refractivity contribution < 1.29 is 27.2 Å². The second-order valence-electron chi connectivity index (χ2n) is 5.85. The Hall–Kier alpha value is -2.42. The minimum absolute atomic E-state index is 0.0414. The van der Waals surface area contributed by atoms with Gasteiger partial charge in [0.25, 0.3) is 0 Å². The molecule has 1 N–H and O–H groups in total. The average Bonchev–Trinajstić information content (AvgIpc) is 3.06. The molecule has 1 aromatic carbocycles. The fourth-order valence-electron chi connectivity index (χ4n) is 2.28. The monoisotopic (exact) mass is 400 g/mol. The number of carbonyl (C=O) groups excluding carboxylic acids is 2. The van der Waals surface area contributed by atoms with Crippen LogP contribution in [0.2, 0.25) is 0 Å². The predicted octanol–water partition coefficient (Wildman–Crippen LogP) is 3.85. The van der Waals surface area contributed by atoms with Gasteiger partial charge < -0.3 is 14.6 Å². The number of aryl methyl sites for hydroxylation is 1. The van der Waals surface area contributed by atoms with E-state index in [0.29, 0.717) is 10.6 Å². The van der Waals surface area contributed by atoms with Gasteiger partial charge in [0.15, 0.2) is 0 Å². The lowest BCUT2D eigenvalue weighted by Crippen LogP contribution is -2.39. The van der Waals surface area contributed by atoms with E-state index >= 15 is 0 Å². The zero-order valence-electron chi connectivity index (χ0n) is 14.6. The summed E-state index contributed by atoms with van der Waals surface area (Å²) < 4.78 is 43.2. The van der Waals surface area contributed by atoms with E-state index in [-0.39, 0.29) is 29.7 Å². The number of alkyl halides is 3. The number of anilines is 1. The first-order valence-electron chi connectivity index (χ1n) is 8.04. The maximum absolute atomic E-state index is 12.7. The molecule has 0 aliphatic rings. The molecule has 2 aromatic rings. The van der Waals surface area contributed by atoms with Crippen molar-refractivity contribution in [3.8, 4) is 0 Å². The molecule has 0 saturated heterocycles. The molecular formula is C18H19F3N2O3S. The summed E-state index contributed by atoms with van der Waals surface area (Å²) in [5.41, 5.74) is 1.61. The molecule has 0 radical (unpaired) electrons. The number of hydrogen-bond donors (Lipinski definition) is 1. The maximum Gasteiger partial charge on any atom is 0.406 e. The molecule has 0 saturated carbocycles. The van der Waals surface area contributed by atoms with Crippen LogP contribution in [0.15, 0.2) is 47.1 Å². The average molecular weight is 400 g/mol. The molecule has 27 heavy (non-hydrogen) atoms. The Kier molecular flexibility index (Phi) is 7.35. The quantitative estimate of drug-likeness (QED) is 0.731. The van der Waals surface area contributed by atoms with Crippen molar-refractivity contribution in [2.75, 3.05) is 23.4 Å². The van der Waals surface area contributed by atoms with E-state index in [9.17, 15) is 22.8 Å². The van der Waals surface area contributed by atoms with Gasteiger partial charge in [-0.05, 0) is 36.8 Å². The highest BCUT2D eigenvalue weighted by molar-refractivity contribution is 8.00. The Labute approximate surface area is 158 Å². The zero-order chi connectivity index (χ0) is 19.9. The van der Waals surface area contributed by atoms with E-state index in [4.69, 9.17) is 4.42 Å². The van der Waals surface area contributed by atoms with E-state index < -0.39 is 18.6 Å². The zero-order valence-corrected chi connectivity index (χ0v) is 15.4. The fraction of sp³-hybridized carbons (Fsp3) is 0.333. The van der Waals surface area contributed by atoms with E-state index in [1.165, 1.54) is 18.4 Å². The number of furan rings is 1. The third-order valence-corrected chi connectivity index (χ3v) is 4.33. The minimum atomic E-state index is -4.52. The molecule has 0 fully saturated rings. The summed E-state index contributed by atoms with van der Waals surface area (Å²) in [5.74, 6) is -1.06. The number of benzene rings is 1. The molecule has 2 amide bonds. The van der Waals surface area contributed by atoms with Crippen LogP contribution in [0.25, 0.3) is 0 Å². The van der Waals surface area contributed by atoms with Crippen LogP contribution in [0.1, 0.15) is 11.3 Å². The van der Waals surface area contributed by atoms with Gasteiger partial charge in [-0.25, -0.2) is 0 Å². The topological polar surface area (TPSA) is 62.6 Å². The molecule has 1 heterocycles. The molecule has 2 rings (SSSR count). The lowest BCUT2D eigenvalue weighted by molar-refractivity contribution is -0.161. The van der Waals surface area contributed by atoms with E-state index in [1.807, 2.05) is 13.0 Å². The van der Waals surface area contributed by atoms with Crippen LogP contribution in [-0.2, 0) is 16.1 Å². The number of carbonyl (C=O) groups is 2. The van der Waals surface area contributed by atoms with Crippen molar-refractivity contribution in [1.82, 2.24) is 4.90 Å². The van der Waals surface area contributed by atoms with Gasteiger partial charge in [-0.15, -0.1) is 11.8 Å². The highest BCUT2D eigenvalue weighted by Gasteiger charge is 2.33. The molecule has 5 nitrogen and oxygen atoms in total. The number of halogens is 3. The number of hydrogen-bond acceptors (Lipinski definition) is 4. The van der Waals surface area contributed by atoms with Crippen molar-refractivity contribution >= 4 is 29.3 Å². The third kappa shape index (κ3) is 7.78. The van der Waals surface area contributed by atoms with Gasteiger partial charge in [0.1, 0.15) is 12.3 Å². The number of nitrogens with one attached hydrogen (secondary N) is 1. The lowest BCUT2D eigenvalue weighted by Gasteiger charge is -2.22. The van der Waals surface area contributed by atoms with Crippen LogP contribution in [0.5, 0.6) is 0 Å². The molecule has 1 aromatic heterocycles. The van der Waals surface area contributed by atoms with Crippen molar-refractivity contribution in [3.05, 3.63) is 54.0 Å². The Morgan fingerprint density at radius 2 is 1.96 bits per heavy atom. The lowest BCUT2D eigenvalue weighted by atomic mass is 10.2. The summed E-state index contributed by atoms with van der Waals surface area (Å²) in [5, 5.41) is 2.68. The molecule has 9 heteroatoms. The maximum atomic E-state index is 12.7. The minimum Gasteiger partial charge on any atom is -0.467 e. The van der Waals surface area contributed by atoms with Gasteiger partial charge in [0.05, 0.1) is 24.3 Å². The van der Waals surface area contributed by atoms with E-state index in [2.05, 4.69) is 5.32 Å². The first-order valence-corrected chi connectivity index (χ1v) is 9.19. The summed E-state index contributed by atoms with van der Waals surface area (Å²) >= 11 is 0.959. The summed E-state index contributed by atoms with van der Waals surface area (Å²) in [6.07, 6.45) is -3.19. The molecule has 0 atom stereocenters. The van der Waals surface area contributed by atoms with Crippen molar-refractivity contribution in [3.63, 3.8) is 0 Å². The largest absolute Gasteiger partial charge is 0.467 e. The molecular weight excluding hydrogens is 381 g/mol. The van der Waals surface area contributed by atoms with E-state index in [0.717, 1.165) is 17.3 Å². The van der Waals surface area contributed by atoms with E-state index in [1.54, 1.807) is 18.2 Å². The highest BCUT2D eigenvalue weighted by Crippen LogP contribution is 2.19. The molecule has 146 valence electrons. The Bertz CT molecular complexity index is 763. The first kappa shape index (κ1) is 20.9. The Balaban J connectivity index is 1.84. The highest BCUT2D eigenvalue weighted by atomic mass is 32.2. The molecule has 0 aliphatic heterocycles. The van der Waals surface area contributed by atoms with Gasteiger partial charge >= 0.3 is 6.18 Å². The standard InChI is InChI=1S/C18H19F3N2O3S/c1-13-4-2-5-14(8-13)22-16(24)10-27-11-17(25)23(12-18(19,20)21)9-15-6-3-7-26-15/h2-8H,9-12H2,1H3,(H,22,24). The molecule has 0 bridgehead atoms. The molecule has 0 unspecified atom stereocenters. The van der Waals surface area contributed by atoms with Crippen LogP contribution in [0.3, 0.4) is 0 Å². The third-order valence-electron chi connectivity index (χ3n) is 3.41. The van der Waals surface area contributed by atoms with Crippen LogP contribution < -0.4 is 5.32 Å². The summed E-state index contributed by atoms with van der Waals surface area (Å²) in [4.78, 5) is 24.7. The second-order valence-corrected chi connectivity index (χ2v) is 6.84. The Morgan fingerprint density at radius 1 is 1.19 bits per heavy atom. The van der Waals surface area contributed by atoms with Crippen LogP contribution in [0.4, 0.5) is 18.9 Å². The number of nitrogens with zero attached hydrogens (tertiary/aromatic N) is 1. The molecule has 0 aliphatic carbocycles. The molecule has 0 spiro atoms. The van der Waals surface area contributed by atoms with Crippen molar-refractivity contribution in [2.24, 2.45) is 0 Å². The normalized spacial score (nSPS) is 11.3. The SMILES string of the molecule is Cc1cccc(NC(=O)CSCC(=O)N(Cc2ccco2)CC(F)(F)F)c1. The summed E-state index contributed by atoms with van der Waals surface area (Å²) in [6.45, 7) is 0.237. The van der Waals surface area contributed by atoms with Gasteiger partial charge in [-0.1, -0.05) is 12.1 Å². The predicted molar refractivity (Wildman–Crippen MR) is 97.3 cm³/mol. The number of thioether (sulfide) groups is 1. The van der Waals surface area contributed by atoms with Gasteiger partial charge in [-0.2, -0.15) is 13.2 Å². The first-order chi connectivity index (χ1) is 12.7. The summed E-state index contributed by atoms with van der Waals surface area (Å²) in [6, 6.07) is 10.2. The van der Waals surface area contributed by atoms with Crippen LogP contribution in [-0.4, -0.2) is 40.9 Å². The van der Waals surface area contributed by atoms with Crippen LogP contribution >= 0.6 is 11.8 Å².